The lowest BCUT2D eigenvalue weighted by atomic mass is 9.65. The van der Waals surface area contributed by atoms with Crippen molar-refractivity contribution in [3.05, 3.63) is 29.5 Å². The maximum absolute atomic E-state index is 13.5. The van der Waals surface area contributed by atoms with Crippen LogP contribution in [0.1, 0.15) is 57.3 Å². The Kier molecular flexibility index (Phi) is 9.48. The summed E-state index contributed by atoms with van der Waals surface area (Å²) in [5, 5.41) is 1.30. The van der Waals surface area contributed by atoms with E-state index in [4.69, 9.17) is 18.6 Å². The maximum Gasteiger partial charge on any atom is 0.306 e. The first kappa shape index (κ1) is 32.8. The fraction of sp³-hybridized carbons (Fsp3) is 0.667. The fourth-order valence-corrected chi connectivity index (χ4v) is 8.18. The summed E-state index contributed by atoms with van der Waals surface area (Å²) in [6, 6.07) is 5.17. The van der Waals surface area contributed by atoms with Gasteiger partial charge in [0.2, 0.25) is 0 Å². The van der Waals surface area contributed by atoms with Crippen LogP contribution in [-0.2, 0) is 21.0 Å². The van der Waals surface area contributed by atoms with Crippen molar-refractivity contribution in [2.45, 2.75) is 89.9 Å². The third kappa shape index (κ3) is 6.39. The molecule has 0 saturated carbocycles. The Hall–Kier alpha value is -2.08. The Morgan fingerprint density at radius 1 is 1.07 bits per heavy atom. The topological polar surface area (TPSA) is 62.2 Å². The zero-order valence-corrected chi connectivity index (χ0v) is 30.0. The van der Waals surface area contributed by atoms with Gasteiger partial charge in [0.15, 0.2) is 19.8 Å². The number of aromatic nitrogens is 1. The molecule has 4 rings (SSSR count). The number of nitrogens with zero attached hydrogens (tertiary/aromatic N) is 2. The van der Waals surface area contributed by atoms with E-state index in [0.29, 0.717) is 25.4 Å². The Morgan fingerprint density at radius 2 is 1.79 bits per heavy atom. The van der Waals surface area contributed by atoms with Crippen molar-refractivity contribution in [1.82, 2.24) is 9.47 Å². The van der Waals surface area contributed by atoms with Crippen molar-refractivity contribution in [3.63, 3.8) is 0 Å². The van der Waals surface area contributed by atoms with Gasteiger partial charge in [-0.1, -0.05) is 46.5 Å². The van der Waals surface area contributed by atoms with Crippen molar-refractivity contribution < 1.29 is 23.4 Å². The summed E-state index contributed by atoms with van der Waals surface area (Å²) in [6.45, 7) is 21.4. The third-order valence-corrected chi connectivity index (χ3v) is 16.1. The van der Waals surface area contributed by atoms with E-state index in [1.807, 2.05) is 6.07 Å². The molecule has 2 aliphatic rings. The van der Waals surface area contributed by atoms with Crippen molar-refractivity contribution in [2.75, 3.05) is 40.5 Å². The second kappa shape index (κ2) is 12.1. The highest BCUT2D eigenvalue weighted by atomic mass is 28.4. The van der Waals surface area contributed by atoms with Crippen LogP contribution in [0.2, 0.25) is 43.8 Å². The van der Waals surface area contributed by atoms with Gasteiger partial charge in [-0.05, 0) is 61.8 Å². The number of fused-ring (bicyclic) bond motifs is 5. The number of hydrogen-bond donors (Lipinski definition) is 0. The van der Waals surface area contributed by atoms with Gasteiger partial charge in [0.1, 0.15) is 0 Å². The molecular weight excluding hydrogens is 561 g/mol. The highest BCUT2D eigenvalue weighted by Crippen LogP contribution is 2.56. The number of piperidine rings is 1. The smallest absolute Gasteiger partial charge is 0.306 e. The molecule has 1 aromatic carbocycles. The van der Waals surface area contributed by atoms with Crippen LogP contribution < -0.4 is 9.47 Å². The predicted octanol–water partition coefficient (Wildman–Crippen LogP) is 7.64. The number of benzene rings is 1. The number of esters is 1. The molecule has 2 heterocycles. The van der Waals surface area contributed by atoms with Crippen molar-refractivity contribution in [3.8, 4) is 11.5 Å². The molecule has 2 aromatic rings. The molecule has 0 amide bonds. The molecule has 0 unspecified atom stereocenters. The van der Waals surface area contributed by atoms with Gasteiger partial charge in [0.25, 0.3) is 0 Å². The average Bonchev–Trinajstić information content (AvgIpc) is 3.18. The number of likely N-dealkylation sites (tertiary alicyclic amines) is 1. The van der Waals surface area contributed by atoms with Crippen LogP contribution in [0.4, 0.5) is 0 Å². The number of ether oxygens (including phenoxy) is 3. The second-order valence-corrected chi connectivity index (χ2v) is 25.4. The molecule has 0 bridgehead atoms. The Bertz CT molecular complexity index is 1320. The zero-order chi connectivity index (χ0) is 31.1. The lowest BCUT2D eigenvalue weighted by molar-refractivity contribution is -0.147. The summed E-state index contributed by atoms with van der Waals surface area (Å²) in [7, 11) is 2.29. The molecule has 42 heavy (non-hydrogen) atoms. The lowest BCUT2D eigenvalue weighted by Crippen LogP contribution is -2.50. The van der Waals surface area contributed by atoms with E-state index in [1.165, 1.54) is 5.56 Å². The fourth-order valence-electron chi connectivity index (χ4n) is 6.43. The van der Waals surface area contributed by atoms with Gasteiger partial charge in [-0.15, -0.1) is 0 Å². The van der Waals surface area contributed by atoms with Gasteiger partial charge in [-0.25, -0.2) is 0 Å². The molecule has 1 fully saturated rings. The van der Waals surface area contributed by atoms with Gasteiger partial charge in [-0.3, -0.25) is 9.69 Å². The number of methoxy groups -OCH3 is 2. The SMILES string of the molecule is COc1ccc2c3c(n(C)c2c1OC)C=C[C@@]1(CC(=O)OCC[Si](C)(C)C)CCCN(CCO[Si](C)(C)C(C)(C)C)[C@@H]31. The summed E-state index contributed by atoms with van der Waals surface area (Å²) >= 11 is 0. The van der Waals surface area contributed by atoms with Gasteiger partial charge in [0.05, 0.1) is 32.8 Å². The zero-order valence-electron chi connectivity index (χ0n) is 28.0. The largest absolute Gasteiger partial charge is 0.493 e. The van der Waals surface area contributed by atoms with Gasteiger partial charge in [0, 0.05) is 56.4 Å². The molecule has 0 spiro atoms. The Balaban J connectivity index is 1.75. The molecule has 1 aliphatic heterocycles. The van der Waals surface area contributed by atoms with Crippen LogP contribution in [0, 0.1) is 5.41 Å². The normalized spacial score (nSPS) is 21.3. The molecule has 2 atom stereocenters. The van der Waals surface area contributed by atoms with E-state index >= 15 is 0 Å². The number of hydrogen-bond acceptors (Lipinski definition) is 6. The lowest BCUT2D eigenvalue weighted by Gasteiger charge is -2.50. The van der Waals surface area contributed by atoms with Crippen LogP contribution >= 0.6 is 0 Å². The van der Waals surface area contributed by atoms with Gasteiger partial charge >= 0.3 is 5.97 Å². The Morgan fingerprint density at radius 3 is 2.40 bits per heavy atom. The molecule has 7 nitrogen and oxygen atoms in total. The standard InChI is InChI=1S/C33H54N2O5Si2/c1-32(2,3)42(10,11)40-20-19-35-18-12-16-33(23-27(36)39-21-22-41(7,8)9)17-15-25-28(31(33)35)24-13-14-26(37-5)30(38-6)29(24)34(25)4/h13-15,17,31H,12,16,18-23H2,1-11H3/t31-,33+/m0/s1. The number of aryl methyl sites for hydroxylation is 1. The summed E-state index contributed by atoms with van der Waals surface area (Å²) in [6.07, 6.45) is 6.88. The van der Waals surface area contributed by atoms with Crippen LogP contribution in [-0.4, -0.2) is 72.4 Å². The third-order valence-electron chi connectivity index (χ3n) is 9.86. The minimum absolute atomic E-state index is 0.0283. The van der Waals surface area contributed by atoms with E-state index in [9.17, 15) is 4.79 Å². The predicted molar refractivity (Wildman–Crippen MR) is 178 cm³/mol. The van der Waals surface area contributed by atoms with Crippen LogP contribution in [0.25, 0.3) is 17.0 Å². The first-order valence-electron chi connectivity index (χ1n) is 15.5. The van der Waals surface area contributed by atoms with Crippen LogP contribution in [0.5, 0.6) is 11.5 Å². The van der Waals surface area contributed by atoms with E-state index in [1.54, 1.807) is 14.2 Å². The monoisotopic (exact) mass is 614 g/mol. The number of carbonyl (C=O) groups is 1. The molecule has 1 aliphatic carbocycles. The first-order chi connectivity index (χ1) is 19.5. The summed E-state index contributed by atoms with van der Waals surface area (Å²) in [4.78, 5) is 16.0. The quantitative estimate of drug-likeness (QED) is 0.192. The van der Waals surface area contributed by atoms with E-state index in [0.717, 1.165) is 54.3 Å². The molecule has 1 aromatic heterocycles. The first-order valence-corrected chi connectivity index (χ1v) is 22.1. The van der Waals surface area contributed by atoms with Crippen LogP contribution in [0.3, 0.4) is 0 Å². The summed E-state index contributed by atoms with van der Waals surface area (Å²) in [5.41, 5.74) is 3.09. The van der Waals surface area contributed by atoms with E-state index < -0.39 is 16.4 Å². The molecule has 1 saturated heterocycles. The molecule has 234 valence electrons. The summed E-state index contributed by atoms with van der Waals surface area (Å²) in [5.74, 6) is 1.36. The summed E-state index contributed by atoms with van der Waals surface area (Å²) < 4.78 is 26.3. The molecule has 9 heteroatoms. The number of rotatable bonds is 11. The van der Waals surface area contributed by atoms with Crippen LogP contribution in [0.15, 0.2) is 18.2 Å². The van der Waals surface area contributed by atoms with Gasteiger partial charge < -0.3 is 23.2 Å². The van der Waals surface area contributed by atoms with E-state index in [2.05, 4.69) is 88.2 Å². The Labute approximate surface area is 255 Å². The molecule has 0 N–H and O–H groups in total. The highest BCUT2D eigenvalue weighted by molar-refractivity contribution is 6.76. The maximum atomic E-state index is 13.5. The molecular formula is C33H54N2O5Si2. The molecule has 0 radical (unpaired) electrons. The minimum atomic E-state index is -1.89. The van der Waals surface area contributed by atoms with Crippen molar-refractivity contribution >= 4 is 39.3 Å². The van der Waals surface area contributed by atoms with Crippen molar-refractivity contribution in [1.29, 1.82) is 0 Å². The van der Waals surface area contributed by atoms with E-state index in [-0.39, 0.29) is 22.5 Å². The second-order valence-electron chi connectivity index (χ2n) is 15.0. The average molecular weight is 615 g/mol. The minimum Gasteiger partial charge on any atom is -0.493 e. The van der Waals surface area contributed by atoms with Gasteiger partial charge in [-0.2, -0.15) is 0 Å². The number of carbonyl (C=O) groups excluding carboxylic acids is 1. The van der Waals surface area contributed by atoms with Crippen molar-refractivity contribution in [2.24, 2.45) is 12.5 Å². The highest BCUT2D eigenvalue weighted by Gasteiger charge is 2.49.